The molecule has 32 heavy (non-hydrogen) atoms. The summed E-state index contributed by atoms with van der Waals surface area (Å²) < 4.78 is 7.07. The van der Waals surface area contributed by atoms with E-state index < -0.39 is 5.97 Å². The van der Waals surface area contributed by atoms with Crippen LogP contribution >= 0.6 is 11.8 Å². The molecule has 0 unspecified atom stereocenters. The van der Waals surface area contributed by atoms with E-state index in [-0.39, 0.29) is 11.5 Å². The third-order valence-electron chi connectivity index (χ3n) is 4.84. The third-order valence-corrected chi connectivity index (χ3v) is 5.85. The molecule has 0 aliphatic carbocycles. The van der Waals surface area contributed by atoms with Crippen molar-refractivity contribution in [2.45, 2.75) is 0 Å². The van der Waals surface area contributed by atoms with Crippen LogP contribution in [0.5, 0.6) is 0 Å². The Morgan fingerprint density at radius 3 is 2.53 bits per heavy atom. The van der Waals surface area contributed by atoms with Gasteiger partial charge in [-0.25, -0.2) is 9.79 Å². The quantitative estimate of drug-likeness (QED) is 0.542. The molecule has 0 atom stereocenters. The summed E-state index contributed by atoms with van der Waals surface area (Å²) in [4.78, 5) is 31.1. The van der Waals surface area contributed by atoms with Gasteiger partial charge in [0.05, 0.1) is 29.3 Å². The molecule has 4 rings (SSSR count). The number of aliphatic imine (C=N–C) groups is 1. The Bertz CT molecular complexity index is 1180. The molecule has 2 aromatic carbocycles. The Morgan fingerprint density at radius 1 is 1.09 bits per heavy atom. The highest BCUT2D eigenvalue weighted by Crippen LogP contribution is 2.34. The number of hydrogen-bond donors (Lipinski definition) is 1. The minimum absolute atomic E-state index is 0.129. The first-order valence-corrected chi connectivity index (χ1v) is 10.7. The molecule has 1 fully saturated rings. The molecule has 162 valence electrons. The van der Waals surface area contributed by atoms with Crippen molar-refractivity contribution in [2.75, 3.05) is 20.3 Å². The van der Waals surface area contributed by atoms with Crippen LogP contribution in [0.4, 0.5) is 5.69 Å². The first kappa shape index (κ1) is 21.6. The van der Waals surface area contributed by atoms with E-state index in [2.05, 4.69) is 4.99 Å². The summed E-state index contributed by atoms with van der Waals surface area (Å²) >= 11 is 1.32. The van der Waals surface area contributed by atoms with Gasteiger partial charge in [0.15, 0.2) is 5.17 Å². The second kappa shape index (κ2) is 9.67. The molecule has 8 heteroatoms. The van der Waals surface area contributed by atoms with E-state index in [1.165, 1.54) is 11.8 Å². The molecule has 0 bridgehead atoms. The summed E-state index contributed by atoms with van der Waals surface area (Å²) in [5.74, 6) is -1.10. The fourth-order valence-corrected chi connectivity index (χ4v) is 4.24. The van der Waals surface area contributed by atoms with Crippen LogP contribution in [0.3, 0.4) is 0 Å². The second-order valence-electron chi connectivity index (χ2n) is 6.95. The number of carboxylic acids is 1. The highest BCUT2D eigenvalue weighted by atomic mass is 32.2. The van der Waals surface area contributed by atoms with Crippen LogP contribution in [0.15, 0.2) is 82.8 Å². The van der Waals surface area contributed by atoms with E-state index in [4.69, 9.17) is 9.84 Å². The Balaban J connectivity index is 1.66. The Hall–Kier alpha value is -3.62. The lowest BCUT2D eigenvalue weighted by Crippen LogP contribution is -2.32. The summed E-state index contributed by atoms with van der Waals surface area (Å²) in [6.07, 6.45) is 3.69. The van der Waals surface area contributed by atoms with Gasteiger partial charge in [-0.3, -0.25) is 9.69 Å². The zero-order chi connectivity index (χ0) is 22.5. The van der Waals surface area contributed by atoms with Gasteiger partial charge in [0.2, 0.25) is 0 Å². The maximum Gasteiger partial charge on any atom is 0.335 e. The van der Waals surface area contributed by atoms with E-state index in [0.717, 1.165) is 17.1 Å². The van der Waals surface area contributed by atoms with E-state index in [1.807, 2.05) is 59.3 Å². The monoisotopic (exact) mass is 447 g/mol. The lowest BCUT2D eigenvalue weighted by molar-refractivity contribution is -0.122. The van der Waals surface area contributed by atoms with Crippen LogP contribution in [-0.2, 0) is 9.53 Å². The van der Waals surface area contributed by atoms with Gasteiger partial charge in [-0.15, -0.1) is 0 Å². The van der Waals surface area contributed by atoms with Crippen molar-refractivity contribution in [1.82, 2.24) is 9.47 Å². The van der Waals surface area contributed by atoms with Gasteiger partial charge in [0, 0.05) is 24.7 Å². The molecule has 7 nitrogen and oxygen atoms in total. The molecule has 0 saturated carbocycles. The third kappa shape index (κ3) is 4.66. The minimum atomic E-state index is -0.972. The second-order valence-corrected chi connectivity index (χ2v) is 7.95. The number of aromatic nitrogens is 1. The van der Waals surface area contributed by atoms with E-state index in [0.29, 0.717) is 23.2 Å². The molecule has 1 aromatic heterocycles. The lowest BCUT2D eigenvalue weighted by Gasteiger charge is -2.14. The Morgan fingerprint density at radius 2 is 1.84 bits per heavy atom. The van der Waals surface area contributed by atoms with E-state index in [1.54, 1.807) is 36.3 Å². The molecule has 0 spiro atoms. The van der Waals surface area contributed by atoms with Crippen molar-refractivity contribution in [3.8, 4) is 5.69 Å². The van der Waals surface area contributed by atoms with Gasteiger partial charge in [-0.1, -0.05) is 18.2 Å². The fraction of sp³-hybridized carbons (Fsp3) is 0.125. The number of ether oxygens (including phenoxy) is 1. The summed E-state index contributed by atoms with van der Waals surface area (Å²) in [6, 6.07) is 19.9. The first-order chi connectivity index (χ1) is 15.6. The Labute approximate surface area is 189 Å². The van der Waals surface area contributed by atoms with Gasteiger partial charge >= 0.3 is 5.97 Å². The van der Waals surface area contributed by atoms with Crippen LogP contribution in [0.25, 0.3) is 11.8 Å². The fourth-order valence-electron chi connectivity index (χ4n) is 3.23. The molecular weight excluding hydrogens is 426 g/mol. The molecule has 3 aromatic rings. The molecule has 0 radical (unpaired) electrons. The molecule has 1 amide bonds. The number of methoxy groups -OCH3 is 1. The highest BCUT2D eigenvalue weighted by molar-refractivity contribution is 8.18. The number of carboxylic acid groups (broad SMARTS) is 1. The maximum atomic E-state index is 13.1. The number of thioether (sulfide) groups is 1. The molecule has 1 aliphatic heterocycles. The predicted octanol–water partition coefficient (Wildman–Crippen LogP) is 4.43. The SMILES string of the molecule is COCCN1C(=O)C(=Cc2cccn2-c2ccc(C(=O)O)cc2)SC1=Nc1ccccc1. The van der Waals surface area contributed by atoms with Gasteiger partial charge < -0.3 is 14.4 Å². The van der Waals surface area contributed by atoms with Gasteiger partial charge in [0.25, 0.3) is 5.91 Å². The highest BCUT2D eigenvalue weighted by Gasteiger charge is 2.33. The van der Waals surface area contributed by atoms with E-state index >= 15 is 0 Å². The first-order valence-electron chi connectivity index (χ1n) is 9.92. The number of carbonyl (C=O) groups is 2. The van der Waals surface area contributed by atoms with Crippen molar-refractivity contribution in [3.05, 3.63) is 89.1 Å². The normalized spacial score (nSPS) is 16.3. The molecular formula is C24H21N3O4S. The molecule has 2 heterocycles. The lowest BCUT2D eigenvalue weighted by atomic mass is 10.2. The summed E-state index contributed by atoms with van der Waals surface area (Å²) in [6.45, 7) is 0.808. The van der Waals surface area contributed by atoms with Crippen LogP contribution in [0, 0.1) is 0 Å². The number of amides is 1. The Kier molecular flexibility index (Phi) is 6.53. The topological polar surface area (TPSA) is 84.1 Å². The van der Waals surface area contributed by atoms with Crippen molar-refractivity contribution >= 4 is 40.6 Å². The minimum Gasteiger partial charge on any atom is -0.478 e. The predicted molar refractivity (Wildman–Crippen MR) is 125 cm³/mol. The standard InChI is InChI=1S/C24H21N3O4S/c1-31-15-14-27-22(28)21(32-24(27)25-18-6-3-2-4-7-18)16-20-8-5-13-26(20)19-11-9-17(10-12-19)23(29)30/h2-13,16H,14-15H2,1H3,(H,29,30). The van der Waals surface area contributed by atoms with Crippen LogP contribution in [0.2, 0.25) is 0 Å². The largest absolute Gasteiger partial charge is 0.478 e. The maximum absolute atomic E-state index is 13.1. The number of aromatic carboxylic acids is 1. The van der Waals surface area contributed by atoms with E-state index in [9.17, 15) is 9.59 Å². The number of hydrogen-bond acceptors (Lipinski definition) is 5. The molecule has 1 N–H and O–H groups in total. The van der Waals surface area contributed by atoms with Crippen LogP contribution < -0.4 is 0 Å². The average molecular weight is 448 g/mol. The number of rotatable bonds is 7. The summed E-state index contributed by atoms with van der Waals surface area (Å²) in [5, 5.41) is 9.72. The zero-order valence-electron chi connectivity index (χ0n) is 17.3. The van der Waals surface area contributed by atoms with Crippen LogP contribution in [0.1, 0.15) is 16.1 Å². The van der Waals surface area contributed by atoms with Crippen molar-refractivity contribution in [1.29, 1.82) is 0 Å². The zero-order valence-corrected chi connectivity index (χ0v) is 18.2. The number of nitrogens with zero attached hydrogens (tertiary/aromatic N) is 3. The molecule has 1 aliphatic rings. The van der Waals surface area contributed by atoms with Crippen LogP contribution in [-0.4, -0.2) is 51.9 Å². The molecule has 1 saturated heterocycles. The number of amidine groups is 1. The average Bonchev–Trinajstić information content (AvgIpc) is 3.38. The van der Waals surface area contributed by atoms with Crippen molar-refractivity contribution < 1.29 is 19.4 Å². The summed E-state index contributed by atoms with van der Waals surface area (Å²) in [5.41, 5.74) is 2.60. The smallest absolute Gasteiger partial charge is 0.335 e. The van der Waals surface area contributed by atoms with Crippen molar-refractivity contribution in [3.63, 3.8) is 0 Å². The summed E-state index contributed by atoms with van der Waals surface area (Å²) in [7, 11) is 1.60. The number of benzene rings is 2. The van der Waals surface area contributed by atoms with Gasteiger partial charge in [-0.2, -0.15) is 0 Å². The van der Waals surface area contributed by atoms with Gasteiger partial charge in [-0.05, 0) is 66.4 Å². The van der Waals surface area contributed by atoms with Gasteiger partial charge in [0.1, 0.15) is 0 Å². The number of carbonyl (C=O) groups excluding carboxylic acids is 1. The van der Waals surface area contributed by atoms with Crippen molar-refractivity contribution in [2.24, 2.45) is 4.99 Å². The number of para-hydroxylation sites is 1.